The van der Waals surface area contributed by atoms with E-state index in [1.54, 1.807) is 18.3 Å². The number of nitrogens with zero attached hydrogens (tertiary/aromatic N) is 1. The molecule has 0 amide bonds. The van der Waals surface area contributed by atoms with Crippen LogP contribution in [0.5, 0.6) is 0 Å². The molecule has 88 valence electrons. The lowest BCUT2D eigenvalue weighted by molar-refractivity contribution is 0.630. The van der Waals surface area contributed by atoms with Gasteiger partial charge in [-0.25, -0.2) is 4.39 Å². The zero-order valence-electron chi connectivity index (χ0n) is 9.16. The van der Waals surface area contributed by atoms with Crippen LogP contribution in [0.15, 0.2) is 42.6 Å². The van der Waals surface area contributed by atoms with Gasteiger partial charge in [0, 0.05) is 24.9 Å². The number of anilines is 1. The summed E-state index contributed by atoms with van der Waals surface area (Å²) < 4.78 is 13.4. The first-order chi connectivity index (χ1) is 8.27. The predicted octanol–water partition coefficient (Wildman–Crippen LogP) is 3.53. The minimum absolute atomic E-state index is 0.335. The van der Waals surface area contributed by atoms with Crippen LogP contribution in [0, 0.1) is 5.82 Å². The van der Waals surface area contributed by atoms with Crippen LogP contribution in [0.1, 0.15) is 5.69 Å². The van der Waals surface area contributed by atoms with Crippen LogP contribution >= 0.6 is 11.6 Å². The molecule has 0 atom stereocenters. The average Bonchev–Trinajstić information content (AvgIpc) is 2.34. The predicted molar refractivity (Wildman–Crippen MR) is 67.8 cm³/mol. The molecule has 1 heterocycles. The molecule has 0 spiro atoms. The van der Waals surface area contributed by atoms with Gasteiger partial charge in [-0.1, -0.05) is 23.7 Å². The van der Waals surface area contributed by atoms with E-state index < -0.39 is 0 Å². The van der Waals surface area contributed by atoms with E-state index >= 15 is 0 Å². The van der Waals surface area contributed by atoms with E-state index in [2.05, 4.69) is 10.3 Å². The number of rotatable bonds is 4. The highest BCUT2D eigenvalue weighted by molar-refractivity contribution is 6.33. The van der Waals surface area contributed by atoms with Crippen molar-refractivity contribution < 1.29 is 4.39 Å². The second-order valence-electron chi connectivity index (χ2n) is 3.59. The average molecular weight is 251 g/mol. The smallest absolute Gasteiger partial charge is 0.147 e. The van der Waals surface area contributed by atoms with E-state index in [4.69, 9.17) is 11.6 Å². The van der Waals surface area contributed by atoms with E-state index in [-0.39, 0.29) is 5.82 Å². The van der Waals surface area contributed by atoms with E-state index in [0.717, 1.165) is 12.1 Å². The molecule has 2 nitrogen and oxygen atoms in total. The summed E-state index contributed by atoms with van der Waals surface area (Å²) >= 11 is 5.89. The number of aromatic nitrogens is 1. The summed E-state index contributed by atoms with van der Waals surface area (Å²) in [5, 5.41) is 3.38. The van der Waals surface area contributed by atoms with Gasteiger partial charge in [-0.3, -0.25) is 4.98 Å². The van der Waals surface area contributed by atoms with Crippen molar-refractivity contribution in [3.05, 3.63) is 59.1 Å². The molecule has 0 bridgehead atoms. The molecule has 0 saturated carbocycles. The van der Waals surface area contributed by atoms with Gasteiger partial charge in [0.1, 0.15) is 5.82 Å². The summed E-state index contributed by atoms with van der Waals surface area (Å²) in [4.78, 5) is 4.19. The molecule has 0 fully saturated rings. The highest BCUT2D eigenvalue weighted by Gasteiger charge is 2.05. The molecule has 1 aromatic heterocycles. The van der Waals surface area contributed by atoms with Crippen molar-refractivity contribution in [1.29, 1.82) is 0 Å². The van der Waals surface area contributed by atoms with Crippen molar-refractivity contribution in [2.24, 2.45) is 0 Å². The monoisotopic (exact) mass is 250 g/mol. The third-order valence-corrected chi connectivity index (χ3v) is 2.69. The zero-order chi connectivity index (χ0) is 12.1. The Morgan fingerprint density at radius 2 is 2.06 bits per heavy atom. The van der Waals surface area contributed by atoms with Crippen molar-refractivity contribution in [1.82, 2.24) is 4.98 Å². The Labute approximate surface area is 104 Å². The molecule has 1 aromatic carbocycles. The minimum atomic E-state index is -0.335. The Balaban J connectivity index is 1.95. The Morgan fingerprint density at radius 3 is 2.76 bits per heavy atom. The first-order valence-corrected chi connectivity index (χ1v) is 5.73. The standard InChI is InChI=1S/C13H12ClFN2/c14-11-5-3-6-12(15)13(11)17-9-7-10-4-1-2-8-16-10/h1-6,8,17H,7,9H2. The van der Waals surface area contributed by atoms with Crippen LogP contribution in [0.4, 0.5) is 10.1 Å². The number of nitrogens with one attached hydrogen (secondary N) is 1. The van der Waals surface area contributed by atoms with Crippen molar-refractivity contribution >= 4 is 17.3 Å². The molecule has 0 saturated heterocycles. The lowest BCUT2D eigenvalue weighted by atomic mass is 10.2. The van der Waals surface area contributed by atoms with E-state index in [0.29, 0.717) is 17.3 Å². The van der Waals surface area contributed by atoms with E-state index in [1.807, 2.05) is 18.2 Å². The lowest BCUT2D eigenvalue weighted by Gasteiger charge is -2.08. The molecule has 2 rings (SSSR count). The van der Waals surface area contributed by atoms with Gasteiger partial charge in [-0.15, -0.1) is 0 Å². The number of benzene rings is 1. The highest BCUT2D eigenvalue weighted by atomic mass is 35.5. The molecule has 0 aliphatic rings. The first-order valence-electron chi connectivity index (χ1n) is 5.35. The van der Waals surface area contributed by atoms with Crippen molar-refractivity contribution in [2.45, 2.75) is 6.42 Å². The van der Waals surface area contributed by atoms with Gasteiger partial charge in [-0.2, -0.15) is 0 Å². The summed E-state index contributed by atoms with van der Waals surface area (Å²) in [6, 6.07) is 10.4. The normalized spacial score (nSPS) is 10.2. The van der Waals surface area contributed by atoms with Crippen molar-refractivity contribution in [2.75, 3.05) is 11.9 Å². The topological polar surface area (TPSA) is 24.9 Å². The summed E-state index contributed by atoms with van der Waals surface area (Å²) in [6.07, 6.45) is 2.47. The van der Waals surface area contributed by atoms with Crippen LogP contribution in [-0.4, -0.2) is 11.5 Å². The molecule has 0 aliphatic carbocycles. The van der Waals surface area contributed by atoms with Gasteiger partial charge in [-0.05, 0) is 24.3 Å². The van der Waals surface area contributed by atoms with Crippen molar-refractivity contribution in [3.63, 3.8) is 0 Å². The molecule has 17 heavy (non-hydrogen) atoms. The van der Waals surface area contributed by atoms with Crippen molar-refractivity contribution in [3.8, 4) is 0 Å². The number of para-hydroxylation sites is 1. The Hall–Kier alpha value is -1.61. The van der Waals surface area contributed by atoms with Gasteiger partial charge in [0.25, 0.3) is 0 Å². The van der Waals surface area contributed by atoms with Gasteiger partial charge in [0.05, 0.1) is 10.7 Å². The van der Waals surface area contributed by atoms with E-state index in [1.165, 1.54) is 6.07 Å². The molecular weight excluding hydrogens is 239 g/mol. The van der Waals surface area contributed by atoms with Crippen LogP contribution in [-0.2, 0) is 6.42 Å². The number of hydrogen-bond acceptors (Lipinski definition) is 2. The van der Waals surface area contributed by atoms with E-state index in [9.17, 15) is 4.39 Å². The number of halogens is 2. The number of hydrogen-bond donors (Lipinski definition) is 1. The summed E-state index contributed by atoms with van der Waals surface area (Å²) in [5.74, 6) is -0.335. The van der Waals surface area contributed by atoms with Gasteiger partial charge < -0.3 is 5.32 Å². The summed E-state index contributed by atoms with van der Waals surface area (Å²) in [6.45, 7) is 0.595. The molecule has 0 aliphatic heterocycles. The van der Waals surface area contributed by atoms with Gasteiger partial charge in [0.15, 0.2) is 0 Å². The zero-order valence-corrected chi connectivity index (χ0v) is 9.91. The minimum Gasteiger partial charge on any atom is -0.381 e. The lowest BCUT2D eigenvalue weighted by Crippen LogP contribution is -2.07. The summed E-state index contributed by atoms with van der Waals surface area (Å²) in [7, 11) is 0. The fourth-order valence-corrected chi connectivity index (χ4v) is 1.76. The van der Waals surface area contributed by atoms with Crippen LogP contribution in [0.25, 0.3) is 0 Å². The maximum Gasteiger partial charge on any atom is 0.147 e. The SMILES string of the molecule is Fc1cccc(Cl)c1NCCc1ccccn1. The molecular formula is C13H12ClFN2. The fraction of sp³-hybridized carbons (Fsp3) is 0.154. The second kappa shape index (κ2) is 5.64. The molecule has 4 heteroatoms. The highest BCUT2D eigenvalue weighted by Crippen LogP contribution is 2.24. The van der Waals surface area contributed by atoms with Crippen LogP contribution in [0.2, 0.25) is 5.02 Å². The Morgan fingerprint density at radius 1 is 1.18 bits per heavy atom. The van der Waals surface area contributed by atoms with Crippen LogP contribution in [0.3, 0.4) is 0 Å². The first kappa shape index (κ1) is 11.9. The maximum atomic E-state index is 13.4. The largest absolute Gasteiger partial charge is 0.381 e. The third kappa shape index (κ3) is 3.17. The Kier molecular flexibility index (Phi) is 3.94. The summed E-state index contributed by atoms with van der Waals surface area (Å²) in [5.41, 5.74) is 1.32. The molecule has 0 radical (unpaired) electrons. The quantitative estimate of drug-likeness (QED) is 0.898. The van der Waals surface area contributed by atoms with Gasteiger partial charge >= 0.3 is 0 Å². The molecule has 2 aromatic rings. The number of pyridine rings is 1. The van der Waals surface area contributed by atoms with Gasteiger partial charge in [0.2, 0.25) is 0 Å². The molecule has 0 unspecified atom stereocenters. The maximum absolute atomic E-state index is 13.4. The fourth-order valence-electron chi connectivity index (χ4n) is 1.53. The third-order valence-electron chi connectivity index (χ3n) is 2.37. The van der Waals surface area contributed by atoms with Crippen LogP contribution < -0.4 is 5.32 Å². The molecule has 1 N–H and O–H groups in total. The second-order valence-corrected chi connectivity index (χ2v) is 4.00. The Bertz CT molecular complexity index is 468.